The van der Waals surface area contributed by atoms with Gasteiger partial charge in [0.25, 0.3) is 0 Å². The van der Waals surface area contributed by atoms with Crippen LogP contribution in [0.3, 0.4) is 0 Å². The average molecular weight is 84.0 g/mol. The van der Waals surface area contributed by atoms with Gasteiger partial charge in [0.2, 0.25) is 0 Å². The quantitative estimate of drug-likeness (QED) is 0.386. The Balaban J connectivity index is 2.32. The summed E-state index contributed by atoms with van der Waals surface area (Å²) in [6.45, 7) is 0. The van der Waals surface area contributed by atoms with Crippen molar-refractivity contribution in [2.75, 3.05) is 5.75 Å². The SMILES string of the molecule is B1=CCCS1. The van der Waals surface area contributed by atoms with E-state index in [4.69, 9.17) is 0 Å². The molecular weight excluding hydrogens is 78.9 g/mol. The van der Waals surface area contributed by atoms with Gasteiger partial charge >= 0.3 is 36.0 Å². The molecular formula is C3H5BS. The third-order valence-electron chi connectivity index (χ3n) is 0.595. The van der Waals surface area contributed by atoms with Crippen molar-refractivity contribution in [2.45, 2.75) is 6.42 Å². The first-order chi connectivity index (χ1) is 2.50. The minimum absolute atomic E-state index is 1.28. The number of rotatable bonds is 0. The monoisotopic (exact) mass is 84.0 g/mol. The minimum atomic E-state index is 1.28. The summed E-state index contributed by atoms with van der Waals surface area (Å²) in [5.41, 5.74) is 0. The van der Waals surface area contributed by atoms with Gasteiger partial charge in [0.15, 0.2) is 0 Å². The van der Waals surface area contributed by atoms with Gasteiger partial charge in [-0.3, -0.25) is 0 Å². The van der Waals surface area contributed by atoms with Gasteiger partial charge in [-0.2, -0.15) is 0 Å². The molecule has 0 bridgehead atoms. The van der Waals surface area contributed by atoms with Gasteiger partial charge in [-0.05, 0) is 0 Å². The third kappa shape index (κ3) is 0.801. The molecule has 0 amide bonds. The van der Waals surface area contributed by atoms with Crippen molar-refractivity contribution < 1.29 is 0 Å². The summed E-state index contributed by atoms with van der Waals surface area (Å²) in [7, 11) is 0. The van der Waals surface area contributed by atoms with E-state index >= 15 is 0 Å². The van der Waals surface area contributed by atoms with Gasteiger partial charge in [0.05, 0.1) is 0 Å². The first-order valence-electron chi connectivity index (χ1n) is 1.77. The summed E-state index contributed by atoms with van der Waals surface area (Å²) >= 11 is 1.89. The van der Waals surface area contributed by atoms with E-state index < -0.39 is 0 Å². The Morgan fingerprint density at radius 1 is 1.80 bits per heavy atom. The second kappa shape index (κ2) is 1.66. The molecule has 5 heavy (non-hydrogen) atoms. The van der Waals surface area contributed by atoms with Crippen molar-refractivity contribution in [3.8, 4) is 0 Å². The van der Waals surface area contributed by atoms with Crippen LogP contribution in [0.2, 0.25) is 0 Å². The molecule has 0 saturated heterocycles. The van der Waals surface area contributed by atoms with Crippen LogP contribution in [-0.4, -0.2) is 17.9 Å². The van der Waals surface area contributed by atoms with Gasteiger partial charge < -0.3 is 0 Å². The standard InChI is InChI=1S/C3H5BS/c1-2-4-5-3-1/h2H,1,3H2. The van der Waals surface area contributed by atoms with Crippen LogP contribution in [0.5, 0.6) is 0 Å². The van der Waals surface area contributed by atoms with Crippen molar-refractivity contribution in [2.24, 2.45) is 0 Å². The normalized spacial score (nSPS) is 19.2. The molecule has 1 heterocycles. The molecule has 2 heteroatoms. The summed E-state index contributed by atoms with van der Waals surface area (Å²) in [4.78, 5) is 0. The molecule has 0 radical (unpaired) electrons. The van der Waals surface area contributed by atoms with Gasteiger partial charge in [0.1, 0.15) is 0 Å². The van der Waals surface area contributed by atoms with Gasteiger partial charge in [-0.15, -0.1) is 0 Å². The van der Waals surface area contributed by atoms with Gasteiger partial charge in [-0.25, -0.2) is 0 Å². The molecule has 0 saturated carbocycles. The first-order valence-corrected chi connectivity index (χ1v) is 2.81. The molecule has 26 valence electrons. The molecule has 0 atom stereocenters. The van der Waals surface area contributed by atoms with Crippen LogP contribution in [0.4, 0.5) is 0 Å². The molecule has 0 aliphatic carbocycles. The average Bonchev–Trinajstić information content (AvgIpc) is 1.76. The fourth-order valence-electron chi connectivity index (χ4n) is 0.340. The molecule has 0 aromatic rings. The maximum absolute atomic E-state index is 2.20. The zero-order valence-electron chi connectivity index (χ0n) is 2.98. The van der Waals surface area contributed by atoms with E-state index in [0.717, 1.165) is 0 Å². The molecule has 1 rings (SSSR count). The summed E-state index contributed by atoms with van der Waals surface area (Å²) < 4.78 is 0. The molecule has 0 fully saturated rings. The zero-order chi connectivity index (χ0) is 3.54. The molecule has 0 spiro atoms. The summed E-state index contributed by atoms with van der Waals surface area (Å²) in [5.74, 6) is 3.50. The van der Waals surface area contributed by atoms with Crippen LogP contribution in [0.15, 0.2) is 0 Å². The van der Waals surface area contributed by atoms with Crippen LogP contribution >= 0.6 is 11.6 Å². The topological polar surface area (TPSA) is 0 Å². The van der Waals surface area contributed by atoms with Crippen LogP contribution in [0.25, 0.3) is 0 Å². The fraction of sp³-hybridized carbons (Fsp3) is 0.667. The Morgan fingerprint density at radius 2 is 2.80 bits per heavy atom. The molecule has 1 aliphatic heterocycles. The summed E-state index contributed by atoms with van der Waals surface area (Å²) in [6.07, 6.45) is 3.44. The van der Waals surface area contributed by atoms with E-state index in [1.54, 1.807) is 0 Å². The van der Waals surface area contributed by atoms with Crippen molar-refractivity contribution >= 4 is 23.8 Å². The van der Waals surface area contributed by atoms with Crippen LogP contribution in [-0.2, 0) is 0 Å². The fourth-order valence-corrected chi connectivity index (χ4v) is 1.02. The van der Waals surface area contributed by atoms with Crippen LogP contribution in [0.1, 0.15) is 6.42 Å². The maximum atomic E-state index is 2.20. The first kappa shape index (κ1) is 3.47. The van der Waals surface area contributed by atoms with Crippen LogP contribution in [0, 0.1) is 0 Å². The van der Waals surface area contributed by atoms with E-state index in [1.165, 1.54) is 12.2 Å². The second-order valence-electron chi connectivity index (χ2n) is 1.03. The van der Waals surface area contributed by atoms with E-state index in [1.807, 2.05) is 11.6 Å². The third-order valence-corrected chi connectivity index (χ3v) is 1.45. The zero-order valence-corrected chi connectivity index (χ0v) is 3.79. The van der Waals surface area contributed by atoms with Crippen molar-refractivity contribution in [3.63, 3.8) is 0 Å². The predicted octanol–water partition coefficient (Wildman–Crippen LogP) is 0.545. The number of hydrogen-bond acceptors (Lipinski definition) is 1. The molecule has 0 N–H and O–H groups in total. The van der Waals surface area contributed by atoms with Gasteiger partial charge in [0, 0.05) is 0 Å². The Morgan fingerprint density at radius 3 is 3.00 bits per heavy atom. The molecule has 0 aromatic carbocycles. The molecule has 0 nitrogen and oxygen atoms in total. The van der Waals surface area contributed by atoms with Crippen molar-refractivity contribution in [3.05, 3.63) is 0 Å². The summed E-state index contributed by atoms with van der Waals surface area (Å²) in [6, 6.07) is 0. The van der Waals surface area contributed by atoms with Crippen molar-refractivity contribution in [1.29, 1.82) is 0 Å². The van der Waals surface area contributed by atoms with E-state index in [0.29, 0.717) is 0 Å². The Labute approximate surface area is 36.8 Å². The second-order valence-corrected chi connectivity index (χ2v) is 2.04. The van der Waals surface area contributed by atoms with E-state index in [9.17, 15) is 0 Å². The Bertz CT molecular complexity index is 44.9. The van der Waals surface area contributed by atoms with Gasteiger partial charge in [-0.1, -0.05) is 0 Å². The molecule has 1 aliphatic rings. The number of hydrogen-bond donors (Lipinski definition) is 0. The predicted molar refractivity (Wildman–Crippen MR) is 28.9 cm³/mol. The van der Waals surface area contributed by atoms with E-state index in [2.05, 4.69) is 12.2 Å². The van der Waals surface area contributed by atoms with Crippen molar-refractivity contribution in [1.82, 2.24) is 0 Å². The van der Waals surface area contributed by atoms with E-state index in [-0.39, 0.29) is 0 Å². The Hall–Kier alpha value is 0.285. The molecule has 0 aromatic heterocycles. The summed E-state index contributed by atoms with van der Waals surface area (Å²) in [5, 5.41) is 0. The molecule has 0 unspecified atom stereocenters. The van der Waals surface area contributed by atoms with Crippen LogP contribution < -0.4 is 0 Å². The Kier molecular flexibility index (Phi) is 1.15.